The van der Waals surface area contributed by atoms with Crippen LogP contribution in [0.5, 0.6) is 0 Å². The third-order valence-corrected chi connectivity index (χ3v) is 2.08. The number of carbonyl (C=O) groups excluding carboxylic acids is 1. The molecule has 0 aromatic carbocycles. The van der Waals surface area contributed by atoms with Crippen molar-refractivity contribution < 1.29 is 9.53 Å². The molecule has 1 aromatic heterocycles. The summed E-state index contributed by atoms with van der Waals surface area (Å²) < 4.78 is 4.80. The van der Waals surface area contributed by atoms with Gasteiger partial charge in [-0.1, -0.05) is 0 Å². The standard InChI is InChI=1S/C10H13N3O2/c1-2-15-10(14)8-5-6-9(13-12-8)11-7-3-4-7/h5-7H,2-4H2,1H3,(H,11,13). The summed E-state index contributed by atoms with van der Waals surface area (Å²) in [7, 11) is 0. The van der Waals surface area contributed by atoms with Crippen LogP contribution in [0, 0.1) is 0 Å². The molecule has 0 saturated heterocycles. The van der Waals surface area contributed by atoms with Gasteiger partial charge in [-0.15, -0.1) is 10.2 Å². The summed E-state index contributed by atoms with van der Waals surface area (Å²) in [5.74, 6) is 0.286. The molecular weight excluding hydrogens is 194 g/mol. The zero-order valence-electron chi connectivity index (χ0n) is 8.56. The van der Waals surface area contributed by atoms with Crippen LogP contribution in [-0.4, -0.2) is 28.8 Å². The minimum absolute atomic E-state index is 0.248. The van der Waals surface area contributed by atoms with Gasteiger partial charge in [-0.2, -0.15) is 0 Å². The van der Waals surface area contributed by atoms with Gasteiger partial charge in [0.05, 0.1) is 6.61 Å². The highest BCUT2D eigenvalue weighted by Gasteiger charge is 2.21. The predicted molar refractivity (Wildman–Crippen MR) is 54.6 cm³/mol. The maximum atomic E-state index is 11.2. The van der Waals surface area contributed by atoms with Crippen molar-refractivity contribution >= 4 is 11.8 Å². The quantitative estimate of drug-likeness (QED) is 0.752. The van der Waals surface area contributed by atoms with E-state index in [9.17, 15) is 4.79 Å². The molecule has 1 aliphatic rings. The number of carbonyl (C=O) groups is 1. The third kappa shape index (κ3) is 2.65. The number of nitrogens with one attached hydrogen (secondary N) is 1. The Morgan fingerprint density at radius 2 is 2.33 bits per heavy atom. The molecule has 0 unspecified atom stereocenters. The largest absolute Gasteiger partial charge is 0.461 e. The molecule has 15 heavy (non-hydrogen) atoms. The fourth-order valence-electron chi connectivity index (χ4n) is 1.16. The number of aromatic nitrogens is 2. The number of anilines is 1. The second-order valence-corrected chi connectivity index (χ2v) is 3.44. The highest BCUT2D eigenvalue weighted by Crippen LogP contribution is 2.23. The molecular formula is C10H13N3O2. The molecule has 0 amide bonds. The Balaban J connectivity index is 1.99. The third-order valence-electron chi connectivity index (χ3n) is 2.08. The van der Waals surface area contributed by atoms with Gasteiger partial charge in [0.2, 0.25) is 0 Å². The summed E-state index contributed by atoms with van der Waals surface area (Å²) in [6.07, 6.45) is 2.36. The first-order chi connectivity index (χ1) is 7.29. The van der Waals surface area contributed by atoms with Crippen molar-refractivity contribution in [1.29, 1.82) is 0 Å². The van der Waals surface area contributed by atoms with E-state index < -0.39 is 5.97 Å². The Morgan fingerprint density at radius 1 is 1.53 bits per heavy atom. The summed E-state index contributed by atoms with van der Waals surface area (Å²) >= 11 is 0. The number of nitrogens with zero attached hydrogens (tertiary/aromatic N) is 2. The molecule has 1 heterocycles. The topological polar surface area (TPSA) is 64.1 Å². The lowest BCUT2D eigenvalue weighted by Gasteiger charge is -2.03. The number of esters is 1. The Morgan fingerprint density at radius 3 is 2.87 bits per heavy atom. The molecule has 0 spiro atoms. The lowest BCUT2D eigenvalue weighted by Crippen LogP contribution is -2.10. The molecule has 1 aliphatic carbocycles. The van der Waals surface area contributed by atoms with E-state index in [1.54, 1.807) is 19.1 Å². The van der Waals surface area contributed by atoms with Crippen LogP contribution in [0.3, 0.4) is 0 Å². The van der Waals surface area contributed by atoms with Crippen molar-refractivity contribution in [3.8, 4) is 0 Å². The van der Waals surface area contributed by atoms with Crippen LogP contribution in [0.25, 0.3) is 0 Å². The average Bonchev–Trinajstić information content (AvgIpc) is 3.03. The van der Waals surface area contributed by atoms with E-state index in [1.165, 1.54) is 12.8 Å². The summed E-state index contributed by atoms with van der Waals surface area (Å²) in [6.45, 7) is 2.11. The molecule has 0 aliphatic heterocycles. The highest BCUT2D eigenvalue weighted by molar-refractivity contribution is 5.87. The average molecular weight is 207 g/mol. The van der Waals surface area contributed by atoms with Crippen LogP contribution >= 0.6 is 0 Å². The summed E-state index contributed by atoms with van der Waals surface area (Å²) in [6, 6.07) is 3.90. The van der Waals surface area contributed by atoms with Crippen molar-refractivity contribution in [3.05, 3.63) is 17.8 Å². The van der Waals surface area contributed by atoms with Crippen LogP contribution < -0.4 is 5.32 Å². The van der Waals surface area contributed by atoms with E-state index in [0.29, 0.717) is 18.5 Å². The second-order valence-electron chi connectivity index (χ2n) is 3.44. The first-order valence-corrected chi connectivity index (χ1v) is 5.07. The molecule has 5 nitrogen and oxygen atoms in total. The van der Waals surface area contributed by atoms with E-state index in [-0.39, 0.29) is 5.69 Å². The van der Waals surface area contributed by atoms with Crippen molar-refractivity contribution in [2.24, 2.45) is 0 Å². The Bertz CT molecular complexity index is 346. The van der Waals surface area contributed by atoms with Crippen molar-refractivity contribution in [1.82, 2.24) is 10.2 Å². The van der Waals surface area contributed by atoms with E-state index in [4.69, 9.17) is 4.74 Å². The SMILES string of the molecule is CCOC(=O)c1ccc(NC2CC2)nn1. The first kappa shape index (κ1) is 9.89. The summed E-state index contributed by atoms with van der Waals surface area (Å²) in [5.41, 5.74) is 0.248. The highest BCUT2D eigenvalue weighted by atomic mass is 16.5. The summed E-state index contributed by atoms with van der Waals surface area (Å²) in [5, 5.41) is 10.9. The smallest absolute Gasteiger partial charge is 0.358 e. The predicted octanol–water partition coefficient (Wildman–Crippen LogP) is 1.23. The van der Waals surface area contributed by atoms with E-state index in [1.807, 2.05) is 0 Å². The molecule has 0 atom stereocenters. The first-order valence-electron chi connectivity index (χ1n) is 5.07. The maximum Gasteiger partial charge on any atom is 0.358 e. The van der Waals surface area contributed by atoms with E-state index in [0.717, 1.165) is 0 Å². The van der Waals surface area contributed by atoms with Gasteiger partial charge in [-0.3, -0.25) is 0 Å². The zero-order valence-corrected chi connectivity index (χ0v) is 8.56. The van der Waals surface area contributed by atoms with Gasteiger partial charge in [0.15, 0.2) is 5.69 Å². The van der Waals surface area contributed by atoms with Gasteiger partial charge < -0.3 is 10.1 Å². The number of rotatable bonds is 4. The van der Waals surface area contributed by atoms with Crippen LogP contribution in [-0.2, 0) is 4.74 Å². The lowest BCUT2D eigenvalue weighted by atomic mass is 10.4. The Hall–Kier alpha value is -1.65. The van der Waals surface area contributed by atoms with Gasteiger partial charge in [0.1, 0.15) is 5.82 Å². The fourth-order valence-corrected chi connectivity index (χ4v) is 1.16. The van der Waals surface area contributed by atoms with Crippen LogP contribution in [0.1, 0.15) is 30.3 Å². The Labute approximate surface area is 87.8 Å². The van der Waals surface area contributed by atoms with Crippen LogP contribution in [0.4, 0.5) is 5.82 Å². The number of hydrogen-bond donors (Lipinski definition) is 1. The maximum absolute atomic E-state index is 11.2. The molecule has 0 bridgehead atoms. The number of ether oxygens (including phenoxy) is 1. The van der Waals surface area contributed by atoms with Gasteiger partial charge in [-0.25, -0.2) is 4.79 Å². The van der Waals surface area contributed by atoms with Crippen LogP contribution in [0.2, 0.25) is 0 Å². The normalized spacial score (nSPS) is 14.7. The lowest BCUT2D eigenvalue weighted by molar-refractivity contribution is 0.0518. The minimum atomic E-state index is -0.428. The van der Waals surface area contributed by atoms with Gasteiger partial charge in [0.25, 0.3) is 0 Å². The molecule has 2 rings (SSSR count). The van der Waals surface area contributed by atoms with Crippen molar-refractivity contribution in [2.45, 2.75) is 25.8 Å². The van der Waals surface area contributed by atoms with Crippen LogP contribution in [0.15, 0.2) is 12.1 Å². The minimum Gasteiger partial charge on any atom is -0.461 e. The van der Waals surface area contributed by atoms with Gasteiger partial charge in [0, 0.05) is 6.04 Å². The molecule has 80 valence electrons. The molecule has 5 heteroatoms. The van der Waals surface area contributed by atoms with Crippen molar-refractivity contribution in [3.63, 3.8) is 0 Å². The van der Waals surface area contributed by atoms with Gasteiger partial charge in [-0.05, 0) is 31.9 Å². The zero-order chi connectivity index (χ0) is 10.7. The second kappa shape index (κ2) is 4.25. The molecule has 0 radical (unpaired) electrons. The molecule has 1 saturated carbocycles. The molecule has 1 aromatic rings. The number of hydrogen-bond acceptors (Lipinski definition) is 5. The van der Waals surface area contributed by atoms with E-state index >= 15 is 0 Å². The van der Waals surface area contributed by atoms with E-state index in [2.05, 4.69) is 15.5 Å². The molecule has 1 fully saturated rings. The molecule has 1 N–H and O–H groups in total. The van der Waals surface area contributed by atoms with Gasteiger partial charge >= 0.3 is 5.97 Å². The van der Waals surface area contributed by atoms with Crippen molar-refractivity contribution in [2.75, 3.05) is 11.9 Å². The monoisotopic (exact) mass is 207 g/mol. The fraction of sp³-hybridized carbons (Fsp3) is 0.500. The summed E-state index contributed by atoms with van der Waals surface area (Å²) in [4.78, 5) is 11.2. The Kier molecular flexibility index (Phi) is 2.80.